The fourth-order valence-electron chi connectivity index (χ4n) is 0.261. The Labute approximate surface area is 43.5 Å². The number of hydrogen-bond acceptors (Lipinski definition) is 2. The molecule has 0 aliphatic rings. The molecule has 0 aliphatic heterocycles. The molecule has 0 spiro atoms. The summed E-state index contributed by atoms with van der Waals surface area (Å²) in [6.45, 7) is 5.14. The largest absolute Gasteiger partial charge is 0.282 e. The highest BCUT2D eigenvalue weighted by Crippen LogP contribution is 1.90. The summed E-state index contributed by atoms with van der Waals surface area (Å²) in [5, 5.41) is 8.14. The van der Waals surface area contributed by atoms with E-state index in [1.807, 2.05) is 13.0 Å². The molecule has 0 bridgehead atoms. The second-order valence-corrected chi connectivity index (χ2v) is 1.24. The lowest BCUT2D eigenvalue weighted by Gasteiger charge is -1.90. The lowest BCUT2D eigenvalue weighted by molar-refractivity contribution is 0.803. The van der Waals surface area contributed by atoms with Crippen LogP contribution in [-0.2, 0) is 0 Å². The van der Waals surface area contributed by atoms with Gasteiger partial charge in [-0.25, -0.2) is 0 Å². The van der Waals surface area contributed by atoms with E-state index in [0.717, 1.165) is 6.42 Å². The summed E-state index contributed by atoms with van der Waals surface area (Å²) in [7, 11) is 0. The number of rotatable bonds is 2. The zero-order valence-electron chi connectivity index (χ0n) is 4.39. The molecule has 0 fully saturated rings. The highest BCUT2D eigenvalue weighted by molar-refractivity contribution is 5.25. The number of aliphatic imine (C=N–C) groups is 1. The molecule has 0 N–H and O–H groups in total. The number of hydrogen-bond donors (Lipinski definition) is 0. The highest BCUT2D eigenvalue weighted by Gasteiger charge is 1.93. The maximum Gasteiger partial charge on any atom is 0.135 e. The van der Waals surface area contributed by atoms with Crippen molar-refractivity contribution in [2.24, 2.45) is 4.99 Å². The molecule has 38 valence electrons. The molecule has 0 aromatic carbocycles. The summed E-state index contributed by atoms with van der Waals surface area (Å²) >= 11 is 0. The Kier molecular flexibility index (Phi) is 2.95. The van der Waals surface area contributed by atoms with Crippen molar-refractivity contribution in [3.8, 4) is 6.07 Å². The molecule has 0 saturated carbocycles. The van der Waals surface area contributed by atoms with E-state index in [1.165, 1.54) is 0 Å². The van der Waals surface area contributed by atoms with Crippen molar-refractivity contribution in [3.63, 3.8) is 0 Å². The van der Waals surface area contributed by atoms with Gasteiger partial charge in [0.25, 0.3) is 0 Å². The van der Waals surface area contributed by atoms with Gasteiger partial charge in [0.1, 0.15) is 6.04 Å². The van der Waals surface area contributed by atoms with Crippen molar-refractivity contribution in [1.29, 1.82) is 5.26 Å². The van der Waals surface area contributed by atoms with Gasteiger partial charge < -0.3 is 0 Å². The Hall–Kier alpha value is -0.840. The standard InChI is InChI=1S/C5H8N2/c1-3-5(4-6)7-2/h5H,2-3H2,1H3. The van der Waals surface area contributed by atoms with E-state index < -0.39 is 0 Å². The van der Waals surface area contributed by atoms with Crippen molar-refractivity contribution >= 4 is 6.72 Å². The van der Waals surface area contributed by atoms with E-state index >= 15 is 0 Å². The normalized spacial score (nSPS) is 12.0. The lowest BCUT2D eigenvalue weighted by Crippen LogP contribution is -1.94. The van der Waals surface area contributed by atoms with Gasteiger partial charge in [-0.1, -0.05) is 6.92 Å². The fraction of sp³-hybridized carbons (Fsp3) is 0.600. The minimum atomic E-state index is -0.194. The molecule has 0 heterocycles. The van der Waals surface area contributed by atoms with E-state index in [2.05, 4.69) is 11.7 Å². The zero-order chi connectivity index (χ0) is 5.70. The fourth-order valence-corrected chi connectivity index (χ4v) is 0.261. The average molecular weight is 96.1 g/mol. The summed E-state index contributed by atoms with van der Waals surface area (Å²) in [5.41, 5.74) is 0. The third-order valence-corrected chi connectivity index (χ3v) is 0.756. The Morgan fingerprint density at radius 2 is 2.57 bits per heavy atom. The van der Waals surface area contributed by atoms with Crippen LogP contribution < -0.4 is 0 Å². The third-order valence-electron chi connectivity index (χ3n) is 0.756. The first-order chi connectivity index (χ1) is 3.35. The topological polar surface area (TPSA) is 36.1 Å². The maximum absolute atomic E-state index is 8.14. The number of nitriles is 1. The minimum Gasteiger partial charge on any atom is -0.282 e. The van der Waals surface area contributed by atoms with E-state index in [-0.39, 0.29) is 6.04 Å². The first kappa shape index (κ1) is 6.16. The van der Waals surface area contributed by atoms with Crippen LogP contribution in [0.25, 0.3) is 0 Å². The van der Waals surface area contributed by atoms with Crippen LogP contribution in [0.4, 0.5) is 0 Å². The van der Waals surface area contributed by atoms with Crippen molar-refractivity contribution in [3.05, 3.63) is 0 Å². The van der Waals surface area contributed by atoms with Gasteiger partial charge in [0.15, 0.2) is 0 Å². The van der Waals surface area contributed by atoms with Gasteiger partial charge in [0.2, 0.25) is 0 Å². The first-order valence-corrected chi connectivity index (χ1v) is 2.20. The molecule has 0 saturated heterocycles. The van der Waals surface area contributed by atoms with Crippen LogP contribution in [0.5, 0.6) is 0 Å². The smallest absolute Gasteiger partial charge is 0.135 e. The van der Waals surface area contributed by atoms with Crippen LogP contribution in [0.15, 0.2) is 4.99 Å². The van der Waals surface area contributed by atoms with Crippen LogP contribution in [0.1, 0.15) is 13.3 Å². The molecular formula is C5H8N2. The molecular weight excluding hydrogens is 88.1 g/mol. The van der Waals surface area contributed by atoms with E-state index in [1.54, 1.807) is 0 Å². The summed E-state index contributed by atoms with van der Waals surface area (Å²) in [6.07, 6.45) is 0.764. The monoisotopic (exact) mass is 96.1 g/mol. The molecule has 0 aliphatic carbocycles. The molecule has 2 heteroatoms. The minimum absolute atomic E-state index is 0.194. The molecule has 0 radical (unpaired) electrons. The molecule has 0 rings (SSSR count). The summed E-state index contributed by atoms with van der Waals surface area (Å²) in [5.74, 6) is 0. The van der Waals surface area contributed by atoms with E-state index in [0.29, 0.717) is 0 Å². The van der Waals surface area contributed by atoms with Gasteiger partial charge in [-0.05, 0) is 13.1 Å². The molecule has 0 aromatic rings. The molecule has 0 aromatic heterocycles. The predicted molar refractivity (Wildman–Crippen MR) is 29.2 cm³/mol. The van der Waals surface area contributed by atoms with Crippen LogP contribution in [0.3, 0.4) is 0 Å². The van der Waals surface area contributed by atoms with Crippen molar-refractivity contribution in [2.45, 2.75) is 19.4 Å². The van der Waals surface area contributed by atoms with Crippen molar-refractivity contribution < 1.29 is 0 Å². The van der Waals surface area contributed by atoms with Gasteiger partial charge in [0.05, 0.1) is 6.07 Å². The SMILES string of the molecule is C=NC(C#N)CC. The van der Waals surface area contributed by atoms with Crippen LogP contribution in [0.2, 0.25) is 0 Å². The zero-order valence-corrected chi connectivity index (χ0v) is 4.39. The van der Waals surface area contributed by atoms with Crippen LogP contribution in [-0.4, -0.2) is 12.8 Å². The maximum atomic E-state index is 8.14. The quantitative estimate of drug-likeness (QED) is 0.472. The van der Waals surface area contributed by atoms with Gasteiger partial charge in [-0.15, -0.1) is 0 Å². The second-order valence-electron chi connectivity index (χ2n) is 1.24. The van der Waals surface area contributed by atoms with Crippen molar-refractivity contribution in [1.82, 2.24) is 0 Å². The Balaban J connectivity index is 3.43. The molecule has 2 nitrogen and oxygen atoms in total. The predicted octanol–water partition coefficient (Wildman–Crippen LogP) is 0.989. The lowest BCUT2D eigenvalue weighted by atomic mass is 10.3. The first-order valence-electron chi connectivity index (χ1n) is 2.20. The van der Waals surface area contributed by atoms with Crippen molar-refractivity contribution in [2.75, 3.05) is 0 Å². The molecule has 1 unspecified atom stereocenters. The van der Waals surface area contributed by atoms with Gasteiger partial charge in [-0.2, -0.15) is 5.26 Å². The van der Waals surface area contributed by atoms with Gasteiger partial charge >= 0.3 is 0 Å². The second kappa shape index (κ2) is 3.35. The molecule has 7 heavy (non-hydrogen) atoms. The summed E-state index contributed by atoms with van der Waals surface area (Å²) in [4.78, 5) is 3.51. The van der Waals surface area contributed by atoms with Crippen LogP contribution in [0, 0.1) is 11.3 Å². The average Bonchev–Trinajstić information content (AvgIpc) is 1.72. The Morgan fingerprint density at radius 3 is 2.57 bits per heavy atom. The highest BCUT2D eigenvalue weighted by atomic mass is 14.7. The summed E-state index contributed by atoms with van der Waals surface area (Å²) in [6, 6.07) is 1.78. The Bertz CT molecular complexity index is 90.7. The van der Waals surface area contributed by atoms with E-state index in [4.69, 9.17) is 5.26 Å². The van der Waals surface area contributed by atoms with Crippen LogP contribution >= 0.6 is 0 Å². The number of nitrogens with zero attached hydrogens (tertiary/aromatic N) is 2. The van der Waals surface area contributed by atoms with Gasteiger partial charge in [-0.3, -0.25) is 4.99 Å². The molecule has 1 atom stereocenters. The third kappa shape index (κ3) is 1.94. The van der Waals surface area contributed by atoms with Gasteiger partial charge in [0, 0.05) is 0 Å². The summed E-state index contributed by atoms with van der Waals surface area (Å²) < 4.78 is 0. The van der Waals surface area contributed by atoms with E-state index in [9.17, 15) is 0 Å². The Morgan fingerprint density at radius 1 is 2.00 bits per heavy atom. The molecule has 0 amide bonds.